The third-order valence-corrected chi connectivity index (χ3v) is 4.95. The molecule has 120 valence electrons. The highest BCUT2D eigenvalue weighted by atomic mass is 16.2. The van der Waals surface area contributed by atoms with E-state index in [-0.39, 0.29) is 35.9 Å². The van der Waals surface area contributed by atoms with Gasteiger partial charge in [-0.15, -0.1) is 0 Å². The first kappa shape index (κ1) is 16.3. The lowest BCUT2D eigenvalue weighted by atomic mass is 9.89. The van der Waals surface area contributed by atoms with Crippen LogP contribution in [-0.4, -0.2) is 34.8 Å². The molecular formula is C17H30N2O2. The molecule has 1 saturated carbocycles. The van der Waals surface area contributed by atoms with Crippen LogP contribution in [0.15, 0.2) is 0 Å². The first-order valence-electron chi connectivity index (χ1n) is 8.68. The lowest BCUT2D eigenvalue weighted by Crippen LogP contribution is -2.67. The van der Waals surface area contributed by atoms with Gasteiger partial charge >= 0.3 is 0 Å². The van der Waals surface area contributed by atoms with E-state index in [9.17, 15) is 9.59 Å². The number of hydrogen-bond acceptors (Lipinski definition) is 2. The fourth-order valence-corrected chi connectivity index (χ4v) is 3.78. The summed E-state index contributed by atoms with van der Waals surface area (Å²) >= 11 is 0. The predicted octanol–water partition coefficient (Wildman–Crippen LogP) is 2.86. The van der Waals surface area contributed by atoms with Crippen LogP contribution in [0.2, 0.25) is 0 Å². The summed E-state index contributed by atoms with van der Waals surface area (Å²) in [5.74, 6) is 0.345. The maximum absolute atomic E-state index is 12.8. The Kier molecular flexibility index (Phi) is 5.65. The molecule has 1 heterocycles. The van der Waals surface area contributed by atoms with Crippen molar-refractivity contribution in [3.8, 4) is 0 Å². The van der Waals surface area contributed by atoms with Gasteiger partial charge in [0, 0.05) is 6.04 Å². The van der Waals surface area contributed by atoms with Gasteiger partial charge in [-0.25, -0.2) is 0 Å². The van der Waals surface area contributed by atoms with Crippen molar-refractivity contribution in [3.05, 3.63) is 0 Å². The molecule has 0 aromatic rings. The van der Waals surface area contributed by atoms with E-state index in [2.05, 4.69) is 5.32 Å². The number of rotatable bonds is 3. The maximum Gasteiger partial charge on any atom is 0.246 e. The van der Waals surface area contributed by atoms with E-state index in [1.807, 2.05) is 25.7 Å². The molecule has 1 saturated heterocycles. The number of nitrogens with one attached hydrogen (secondary N) is 1. The van der Waals surface area contributed by atoms with Crippen LogP contribution >= 0.6 is 0 Å². The molecule has 4 nitrogen and oxygen atoms in total. The Labute approximate surface area is 128 Å². The van der Waals surface area contributed by atoms with E-state index in [4.69, 9.17) is 0 Å². The van der Waals surface area contributed by atoms with Crippen LogP contribution in [0.4, 0.5) is 0 Å². The summed E-state index contributed by atoms with van der Waals surface area (Å²) in [5, 5.41) is 2.91. The number of carbonyl (C=O) groups excluding carboxylic acids is 2. The molecule has 1 aliphatic carbocycles. The van der Waals surface area contributed by atoms with Gasteiger partial charge in [0.05, 0.1) is 0 Å². The molecule has 4 heteroatoms. The zero-order chi connectivity index (χ0) is 15.4. The topological polar surface area (TPSA) is 49.4 Å². The Balaban J connectivity index is 2.23. The smallest absolute Gasteiger partial charge is 0.246 e. The van der Waals surface area contributed by atoms with Gasteiger partial charge in [0.1, 0.15) is 12.1 Å². The summed E-state index contributed by atoms with van der Waals surface area (Å²) in [6.07, 6.45) is 8.97. The average molecular weight is 294 g/mol. The minimum atomic E-state index is -0.321. The molecule has 2 unspecified atom stereocenters. The number of carbonyl (C=O) groups is 2. The molecule has 2 amide bonds. The molecule has 1 N–H and O–H groups in total. The van der Waals surface area contributed by atoms with Crippen LogP contribution < -0.4 is 5.32 Å². The Morgan fingerprint density at radius 3 is 2.19 bits per heavy atom. The third-order valence-electron chi connectivity index (χ3n) is 4.95. The number of nitrogens with zero attached hydrogens (tertiary/aromatic N) is 1. The molecule has 2 fully saturated rings. The largest absolute Gasteiger partial charge is 0.343 e. The van der Waals surface area contributed by atoms with Crippen molar-refractivity contribution in [2.75, 3.05) is 0 Å². The quantitative estimate of drug-likeness (QED) is 0.870. The summed E-state index contributed by atoms with van der Waals surface area (Å²) in [7, 11) is 0. The molecule has 0 radical (unpaired) electrons. The highest BCUT2D eigenvalue weighted by Crippen LogP contribution is 2.28. The Morgan fingerprint density at radius 2 is 1.67 bits per heavy atom. The molecule has 0 aromatic carbocycles. The van der Waals surface area contributed by atoms with Gasteiger partial charge in [-0.05, 0) is 25.2 Å². The van der Waals surface area contributed by atoms with Crippen molar-refractivity contribution < 1.29 is 9.59 Å². The number of piperazine rings is 1. The van der Waals surface area contributed by atoms with Gasteiger partial charge in [-0.3, -0.25) is 9.59 Å². The highest BCUT2D eigenvalue weighted by Gasteiger charge is 2.44. The van der Waals surface area contributed by atoms with Crippen LogP contribution in [0.25, 0.3) is 0 Å². The lowest BCUT2D eigenvalue weighted by molar-refractivity contribution is -0.154. The fraction of sp³-hybridized carbons (Fsp3) is 0.882. The summed E-state index contributed by atoms with van der Waals surface area (Å²) in [4.78, 5) is 27.2. The van der Waals surface area contributed by atoms with Crippen molar-refractivity contribution >= 4 is 11.8 Å². The van der Waals surface area contributed by atoms with Crippen LogP contribution in [-0.2, 0) is 9.59 Å². The average Bonchev–Trinajstić information content (AvgIpc) is 2.40. The van der Waals surface area contributed by atoms with Crippen LogP contribution in [0, 0.1) is 5.92 Å². The molecule has 2 aliphatic rings. The zero-order valence-electron chi connectivity index (χ0n) is 13.7. The van der Waals surface area contributed by atoms with Crippen LogP contribution in [0.5, 0.6) is 0 Å². The second-order valence-corrected chi connectivity index (χ2v) is 6.90. The molecule has 0 bridgehead atoms. The first-order valence-corrected chi connectivity index (χ1v) is 8.68. The molecule has 1 aliphatic heterocycles. The molecular weight excluding hydrogens is 264 g/mol. The maximum atomic E-state index is 12.8. The van der Waals surface area contributed by atoms with Gasteiger partial charge in [0.2, 0.25) is 11.8 Å². The molecule has 2 rings (SSSR count). The lowest BCUT2D eigenvalue weighted by Gasteiger charge is -2.45. The first-order chi connectivity index (χ1) is 10.1. The minimum absolute atomic E-state index is 0.0403. The molecule has 2 atom stereocenters. The van der Waals surface area contributed by atoms with Gasteiger partial charge < -0.3 is 10.2 Å². The molecule has 0 spiro atoms. The molecule has 0 aromatic heterocycles. The van der Waals surface area contributed by atoms with E-state index >= 15 is 0 Å². The van der Waals surface area contributed by atoms with Crippen molar-refractivity contribution in [2.24, 2.45) is 5.92 Å². The minimum Gasteiger partial charge on any atom is -0.343 e. The normalized spacial score (nSPS) is 29.2. The fourth-order valence-electron chi connectivity index (χ4n) is 3.78. The van der Waals surface area contributed by atoms with E-state index in [1.165, 1.54) is 32.1 Å². The Bertz CT molecular complexity index is 373. The van der Waals surface area contributed by atoms with Gasteiger partial charge in [0.25, 0.3) is 0 Å². The van der Waals surface area contributed by atoms with Crippen molar-refractivity contribution in [1.29, 1.82) is 0 Å². The van der Waals surface area contributed by atoms with E-state index in [1.54, 1.807) is 0 Å². The number of amides is 2. The predicted molar refractivity (Wildman–Crippen MR) is 83.8 cm³/mol. The monoisotopic (exact) mass is 294 g/mol. The van der Waals surface area contributed by atoms with Crippen LogP contribution in [0.1, 0.15) is 72.1 Å². The Hall–Kier alpha value is -1.06. The van der Waals surface area contributed by atoms with Gasteiger partial charge in [0.15, 0.2) is 0 Å². The van der Waals surface area contributed by atoms with E-state index in [0.717, 1.165) is 12.8 Å². The Morgan fingerprint density at radius 1 is 1.10 bits per heavy atom. The van der Waals surface area contributed by atoms with Crippen molar-refractivity contribution in [1.82, 2.24) is 10.2 Å². The summed E-state index contributed by atoms with van der Waals surface area (Å²) in [6, 6.07) is -0.354. The van der Waals surface area contributed by atoms with Gasteiger partial charge in [-0.2, -0.15) is 0 Å². The van der Waals surface area contributed by atoms with Crippen molar-refractivity contribution in [2.45, 2.75) is 90.3 Å². The summed E-state index contributed by atoms with van der Waals surface area (Å²) in [6.45, 7) is 6.05. The number of hydrogen-bond donors (Lipinski definition) is 1. The summed E-state index contributed by atoms with van der Waals surface area (Å²) in [5.41, 5.74) is 0. The van der Waals surface area contributed by atoms with Crippen molar-refractivity contribution in [3.63, 3.8) is 0 Å². The standard InChI is InChI=1S/C17H30N2O2/c1-4-14-17(21)19(15(12(2)3)16(20)18-14)13-10-8-6-5-7-9-11-13/h12-15H,4-11H2,1-3H3,(H,18,20). The van der Waals surface area contributed by atoms with E-state index < -0.39 is 0 Å². The highest BCUT2D eigenvalue weighted by molar-refractivity contribution is 5.97. The van der Waals surface area contributed by atoms with Gasteiger partial charge in [-0.1, -0.05) is 52.9 Å². The summed E-state index contributed by atoms with van der Waals surface area (Å²) < 4.78 is 0. The molecule has 21 heavy (non-hydrogen) atoms. The SMILES string of the molecule is CCC1NC(=O)C(C(C)C)N(C2CCCCCCC2)C1=O. The second kappa shape index (κ2) is 7.28. The zero-order valence-corrected chi connectivity index (χ0v) is 13.7. The van der Waals surface area contributed by atoms with E-state index in [0.29, 0.717) is 6.42 Å². The second-order valence-electron chi connectivity index (χ2n) is 6.90. The van der Waals surface area contributed by atoms with Crippen LogP contribution in [0.3, 0.4) is 0 Å². The third kappa shape index (κ3) is 3.58.